The lowest BCUT2D eigenvalue weighted by Crippen LogP contribution is -2.53. The molecule has 1 aromatic carbocycles. The van der Waals surface area contributed by atoms with E-state index in [2.05, 4.69) is 20.6 Å². The quantitative estimate of drug-likeness (QED) is 0.462. The molecule has 2 amide bonds. The Morgan fingerprint density at radius 3 is 2.62 bits per heavy atom. The second-order valence-electron chi connectivity index (χ2n) is 8.31. The van der Waals surface area contributed by atoms with Crippen LogP contribution in [0.15, 0.2) is 48.8 Å². The summed E-state index contributed by atoms with van der Waals surface area (Å²) in [6, 6.07) is 10.3. The maximum Gasteiger partial charge on any atom is 0.243 e. The first-order valence-electron chi connectivity index (χ1n) is 10.7. The van der Waals surface area contributed by atoms with Gasteiger partial charge in [0.05, 0.1) is 6.04 Å². The number of aromatic nitrogens is 2. The van der Waals surface area contributed by atoms with Crippen molar-refractivity contribution in [3.8, 4) is 0 Å². The Balaban J connectivity index is 1.72. The molecule has 0 bridgehead atoms. The number of hydrogen-bond acceptors (Lipinski definition) is 4. The molecule has 3 N–H and O–H groups in total. The molecule has 0 aliphatic heterocycles. The number of fused-ring (bicyclic) bond motifs is 1. The molecule has 0 spiro atoms. The molecule has 0 aliphatic carbocycles. The van der Waals surface area contributed by atoms with Crippen molar-refractivity contribution in [2.45, 2.75) is 51.9 Å². The first kappa shape index (κ1) is 23.8. The van der Waals surface area contributed by atoms with Crippen LogP contribution in [0.3, 0.4) is 0 Å². The van der Waals surface area contributed by atoms with E-state index in [0.29, 0.717) is 18.0 Å². The lowest BCUT2D eigenvalue weighted by Gasteiger charge is -2.29. The van der Waals surface area contributed by atoms with E-state index in [9.17, 15) is 9.59 Å². The van der Waals surface area contributed by atoms with Crippen LogP contribution in [-0.4, -0.2) is 51.9 Å². The molecule has 32 heavy (non-hydrogen) atoms. The van der Waals surface area contributed by atoms with Gasteiger partial charge >= 0.3 is 0 Å². The molecule has 2 aromatic heterocycles. The van der Waals surface area contributed by atoms with Crippen molar-refractivity contribution in [2.75, 3.05) is 7.05 Å². The molecule has 0 fully saturated rings. The van der Waals surface area contributed by atoms with E-state index in [1.165, 1.54) is 0 Å². The maximum absolute atomic E-state index is 13.1. The molecule has 8 heteroatoms. The Kier molecular flexibility index (Phi) is 7.88. The van der Waals surface area contributed by atoms with E-state index in [1.54, 1.807) is 18.3 Å². The summed E-state index contributed by atoms with van der Waals surface area (Å²) in [7, 11) is 1.89. The van der Waals surface area contributed by atoms with Crippen molar-refractivity contribution in [3.63, 3.8) is 0 Å². The molecule has 2 atom stereocenters. The number of halogens is 1. The Morgan fingerprint density at radius 1 is 1.12 bits per heavy atom. The van der Waals surface area contributed by atoms with E-state index in [0.717, 1.165) is 22.2 Å². The van der Waals surface area contributed by atoms with Crippen LogP contribution in [0.1, 0.15) is 31.9 Å². The van der Waals surface area contributed by atoms with Crippen LogP contribution in [0.25, 0.3) is 11.0 Å². The van der Waals surface area contributed by atoms with Crippen LogP contribution in [0.5, 0.6) is 0 Å². The van der Waals surface area contributed by atoms with Gasteiger partial charge in [-0.2, -0.15) is 0 Å². The van der Waals surface area contributed by atoms with Gasteiger partial charge in [-0.25, -0.2) is 4.98 Å². The lowest BCUT2D eigenvalue weighted by atomic mass is 10.0. The van der Waals surface area contributed by atoms with E-state index >= 15 is 0 Å². The van der Waals surface area contributed by atoms with Gasteiger partial charge < -0.3 is 15.6 Å². The van der Waals surface area contributed by atoms with Gasteiger partial charge in [-0.1, -0.05) is 23.7 Å². The smallest absolute Gasteiger partial charge is 0.243 e. The molecule has 1 unspecified atom stereocenters. The highest BCUT2D eigenvalue weighted by Crippen LogP contribution is 2.14. The summed E-state index contributed by atoms with van der Waals surface area (Å²) < 4.78 is 0. The average molecular weight is 456 g/mol. The van der Waals surface area contributed by atoms with E-state index in [-0.39, 0.29) is 23.9 Å². The summed E-state index contributed by atoms with van der Waals surface area (Å²) in [5.74, 6) is -0.453. The number of amides is 2. The van der Waals surface area contributed by atoms with E-state index in [4.69, 9.17) is 11.6 Å². The summed E-state index contributed by atoms with van der Waals surface area (Å²) in [5, 5.41) is 7.43. The largest absolute Gasteiger partial charge is 0.350 e. The molecule has 0 saturated heterocycles. The van der Waals surface area contributed by atoms with Gasteiger partial charge in [-0.3, -0.25) is 14.5 Å². The SMILES string of the molecule is CC(C)N(C)C(C)C(=O)N[C@@H](Cc1cccc(Cl)c1)C(=O)NCc1cnc2[nH]ccc2c1. The Morgan fingerprint density at radius 2 is 1.91 bits per heavy atom. The third-order valence-corrected chi connectivity index (χ3v) is 5.93. The number of rotatable bonds is 9. The molecule has 3 aromatic rings. The third-order valence-electron chi connectivity index (χ3n) is 5.69. The summed E-state index contributed by atoms with van der Waals surface area (Å²) in [4.78, 5) is 35.3. The Labute approximate surface area is 193 Å². The van der Waals surface area contributed by atoms with Crippen molar-refractivity contribution < 1.29 is 9.59 Å². The minimum absolute atomic E-state index is 0.196. The number of carbonyl (C=O) groups excluding carboxylic acids is 2. The van der Waals surface area contributed by atoms with Crippen LogP contribution < -0.4 is 10.6 Å². The van der Waals surface area contributed by atoms with E-state index < -0.39 is 6.04 Å². The molecular weight excluding hydrogens is 426 g/mol. The fraction of sp³-hybridized carbons (Fsp3) is 0.375. The normalized spacial score (nSPS) is 13.3. The molecular formula is C24H30ClN5O2. The molecule has 0 saturated carbocycles. The highest BCUT2D eigenvalue weighted by atomic mass is 35.5. The van der Waals surface area contributed by atoms with Crippen LogP contribution in [0, 0.1) is 0 Å². The number of H-pyrrole nitrogens is 1. The number of aromatic amines is 1. The maximum atomic E-state index is 13.1. The van der Waals surface area contributed by atoms with Gasteiger partial charge in [-0.15, -0.1) is 0 Å². The summed E-state index contributed by atoms with van der Waals surface area (Å²) in [6.07, 6.45) is 3.89. The summed E-state index contributed by atoms with van der Waals surface area (Å²) in [6.45, 7) is 6.20. The van der Waals surface area contributed by atoms with Gasteiger partial charge in [0.25, 0.3) is 0 Å². The Bertz CT molecular complexity index is 1080. The number of pyridine rings is 1. The van der Waals surface area contributed by atoms with Crippen molar-refractivity contribution in [2.24, 2.45) is 0 Å². The third kappa shape index (κ3) is 6.08. The minimum Gasteiger partial charge on any atom is -0.350 e. The summed E-state index contributed by atoms with van der Waals surface area (Å²) in [5.41, 5.74) is 2.55. The highest BCUT2D eigenvalue weighted by molar-refractivity contribution is 6.30. The number of nitrogens with one attached hydrogen (secondary N) is 3. The molecule has 170 valence electrons. The summed E-state index contributed by atoms with van der Waals surface area (Å²) >= 11 is 6.12. The number of hydrogen-bond donors (Lipinski definition) is 3. The van der Waals surface area contributed by atoms with Gasteiger partial charge in [0.1, 0.15) is 11.7 Å². The van der Waals surface area contributed by atoms with E-state index in [1.807, 2.05) is 63.2 Å². The Hall–Kier alpha value is -2.90. The first-order valence-corrected chi connectivity index (χ1v) is 11.1. The fourth-order valence-electron chi connectivity index (χ4n) is 3.43. The van der Waals surface area contributed by atoms with Crippen molar-refractivity contribution in [1.29, 1.82) is 0 Å². The second-order valence-corrected chi connectivity index (χ2v) is 8.74. The zero-order chi connectivity index (χ0) is 23.3. The number of nitrogens with zero attached hydrogens (tertiary/aromatic N) is 2. The monoisotopic (exact) mass is 455 g/mol. The topological polar surface area (TPSA) is 90.1 Å². The van der Waals surface area contributed by atoms with Crippen molar-refractivity contribution >= 4 is 34.4 Å². The number of likely N-dealkylation sites (N-methyl/N-ethyl adjacent to an activating group) is 1. The molecule has 7 nitrogen and oxygen atoms in total. The minimum atomic E-state index is -0.729. The van der Waals surface area contributed by atoms with Gasteiger partial charge in [-0.05, 0) is 63.2 Å². The van der Waals surface area contributed by atoms with Gasteiger partial charge in [0, 0.05) is 41.8 Å². The zero-order valence-corrected chi connectivity index (χ0v) is 19.6. The van der Waals surface area contributed by atoms with Gasteiger partial charge in [0.2, 0.25) is 11.8 Å². The van der Waals surface area contributed by atoms with Crippen LogP contribution in [-0.2, 0) is 22.6 Å². The highest BCUT2D eigenvalue weighted by Gasteiger charge is 2.26. The van der Waals surface area contributed by atoms with Crippen molar-refractivity contribution in [3.05, 3.63) is 64.9 Å². The fourth-order valence-corrected chi connectivity index (χ4v) is 3.64. The predicted octanol–water partition coefficient (Wildman–Crippen LogP) is 3.29. The van der Waals surface area contributed by atoms with Gasteiger partial charge in [0.15, 0.2) is 0 Å². The molecule has 0 aliphatic rings. The van der Waals surface area contributed by atoms with Crippen LogP contribution in [0.2, 0.25) is 5.02 Å². The molecule has 0 radical (unpaired) electrons. The number of carbonyl (C=O) groups is 2. The van der Waals surface area contributed by atoms with Crippen molar-refractivity contribution in [1.82, 2.24) is 25.5 Å². The molecule has 2 heterocycles. The number of benzene rings is 1. The first-order chi connectivity index (χ1) is 15.2. The lowest BCUT2D eigenvalue weighted by molar-refractivity contribution is -0.131. The van der Waals surface area contributed by atoms with Crippen LogP contribution >= 0.6 is 11.6 Å². The molecule has 3 rings (SSSR count). The average Bonchev–Trinajstić information content (AvgIpc) is 3.23. The van der Waals surface area contributed by atoms with Crippen LogP contribution in [0.4, 0.5) is 0 Å². The second kappa shape index (κ2) is 10.6. The zero-order valence-electron chi connectivity index (χ0n) is 18.9. The standard InChI is InChI=1S/C24H30ClN5O2/c1-15(2)30(4)16(3)23(31)29-21(12-17-6-5-7-20(25)11-17)24(32)28-14-18-10-19-8-9-26-22(19)27-13-18/h5-11,13,15-16,21H,12,14H2,1-4H3,(H,26,27)(H,28,32)(H,29,31)/t16?,21-/m0/s1. The predicted molar refractivity (Wildman–Crippen MR) is 127 cm³/mol.